The number of aryl methyl sites for hydroxylation is 2. The fraction of sp³-hybridized carbons (Fsp3) is 0.417. The van der Waals surface area contributed by atoms with E-state index in [9.17, 15) is 0 Å². The molecular formula is C12H16N4S. The van der Waals surface area contributed by atoms with Gasteiger partial charge in [0.05, 0.1) is 22.6 Å². The van der Waals surface area contributed by atoms with Crippen molar-refractivity contribution in [3.8, 4) is 0 Å². The van der Waals surface area contributed by atoms with Gasteiger partial charge in [0.2, 0.25) is 0 Å². The highest BCUT2D eigenvalue weighted by molar-refractivity contribution is 7.09. The molecule has 90 valence electrons. The summed E-state index contributed by atoms with van der Waals surface area (Å²) in [5, 5.41) is 3.36. The number of aromatic nitrogens is 3. The van der Waals surface area contributed by atoms with Crippen LogP contribution in [0.25, 0.3) is 0 Å². The second-order valence-corrected chi connectivity index (χ2v) is 4.88. The third kappa shape index (κ3) is 3.57. The summed E-state index contributed by atoms with van der Waals surface area (Å²) >= 11 is 1.72. The number of rotatable bonds is 5. The van der Waals surface area contributed by atoms with Crippen LogP contribution in [0, 0.1) is 13.8 Å². The van der Waals surface area contributed by atoms with Crippen LogP contribution in [-0.4, -0.2) is 21.5 Å². The first kappa shape index (κ1) is 12.1. The highest BCUT2D eigenvalue weighted by atomic mass is 32.1. The Morgan fingerprint density at radius 3 is 2.71 bits per heavy atom. The first-order valence-electron chi connectivity index (χ1n) is 5.63. The van der Waals surface area contributed by atoms with Gasteiger partial charge in [-0.1, -0.05) is 0 Å². The van der Waals surface area contributed by atoms with Crippen LogP contribution in [0.15, 0.2) is 17.9 Å². The molecule has 0 saturated heterocycles. The molecule has 2 aromatic rings. The highest BCUT2D eigenvalue weighted by Crippen LogP contribution is 2.11. The molecule has 0 spiro atoms. The molecule has 0 aromatic carbocycles. The molecule has 0 amide bonds. The third-order valence-electron chi connectivity index (χ3n) is 2.51. The number of nitrogens with zero attached hydrogens (tertiary/aromatic N) is 3. The van der Waals surface area contributed by atoms with E-state index in [1.165, 1.54) is 4.88 Å². The van der Waals surface area contributed by atoms with Crippen LogP contribution in [0.4, 0.5) is 0 Å². The van der Waals surface area contributed by atoms with E-state index in [1.54, 1.807) is 17.5 Å². The minimum Gasteiger partial charge on any atom is -0.311 e. The topological polar surface area (TPSA) is 50.7 Å². The van der Waals surface area contributed by atoms with Gasteiger partial charge in [-0.25, -0.2) is 4.98 Å². The second-order valence-electron chi connectivity index (χ2n) is 3.94. The third-order valence-corrected chi connectivity index (χ3v) is 3.51. The van der Waals surface area contributed by atoms with Crippen LogP contribution in [-0.2, 0) is 13.0 Å². The van der Waals surface area contributed by atoms with Gasteiger partial charge in [-0.3, -0.25) is 9.97 Å². The number of thiazole rings is 1. The van der Waals surface area contributed by atoms with Crippen LogP contribution in [0.5, 0.6) is 0 Å². The van der Waals surface area contributed by atoms with Gasteiger partial charge in [0, 0.05) is 30.4 Å². The molecule has 0 atom stereocenters. The van der Waals surface area contributed by atoms with E-state index in [-0.39, 0.29) is 0 Å². The van der Waals surface area contributed by atoms with E-state index in [2.05, 4.69) is 27.2 Å². The lowest BCUT2D eigenvalue weighted by Crippen LogP contribution is -2.17. The molecule has 0 aliphatic carbocycles. The van der Waals surface area contributed by atoms with Crippen molar-refractivity contribution in [2.75, 3.05) is 6.54 Å². The number of hydrogen-bond acceptors (Lipinski definition) is 5. The number of nitrogens with one attached hydrogen (secondary N) is 1. The van der Waals surface area contributed by atoms with Crippen molar-refractivity contribution < 1.29 is 0 Å². The van der Waals surface area contributed by atoms with Crippen molar-refractivity contribution in [3.05, 3.63) is 39.9 Å². The Morgan fingerprint density at radius 2 is 2.06 bits per heavy atom. The van der Waals surface area contributed by atoms with Gasteiger partial charge in [0.15, 0.2) is 0 Å². The van der Waals surface area contributed by atoms with Crippen LogP contribution >= 0.6 is 11.3 Å². The van der Waals surface area contributed by atoms with E-state index < -0.39 is 0 Å². The summed E-state index contributed by atoms with van der Waals surface area (Å²) in [5.41, 5.74) is 4.98. The average Bonchev–Trinajstić information content (AvgIpc) is 2.73. The lowest BCUT2D eigenvalue weighted by atomic mass is 10.3. The Hall–Kier alpha value is -1.33. The lowest BCUT2D eigenvalue weighted by Gasteiger charge is -2.03. The zero-order valence-electron chi connectivity index (χ0n) is 10.1. The zero-order valence-corrected chi connectivity index (χ0v) is 10.9. The zero-order chi connectivity index (χ0) is 12.1. The summed E-state index contributed by atoms with van der Waals surface area (Å²) in [7, 11) is 0. The summed E-state index contributed by atoms with van der Waals surface area (Å²) in [6, 6.07) is 0. The van der Waals surface area contributed by atoms with Gasteiger partial charge in [-0.05, 0) is 20.3 Å². The molecule has 4 nitrogen and oxygen atoms in total. The van der Waals surface area contributed by atoms with Gasteiger partial charge in [0.1, 0.15) is 0 Å². The molecule has 5 heteroatoms. The van der Waals surface area contributed by atoms with E-state index in [4.69, 9.17) is 0 Å². The molecule has 0 radical (unpaired) electrons. The minimum atomic E-state index is 0.769. The summed E-state index contributed by atoms with van der Waals surface area (Å²) in [6.07, 6.45) is 4.64. The Morgan fingerprint density at radius 1 is 1.18 bits per heavy atom. The smallest absolute Gasteiger partial charge is 0.0797 e. The monoisotopic (exact) mass is 248 g/mol. The quantitative estimate of drug-likeness (QED) is 0.821. The molecule has 0 saturated carbocycles. The molecule has 0 aliphatic heterocycles. The molecular weight excluding hydrogens is 232 g/mol. The standard InChI is InChI=1S/C12H16N4S/c1-9-5-15-11(7-14-9)6-13-4-3-12-10(2)16-8-17-12/h5,7-8,13H,3-4,6H2,1-2H3. The maximum absolute atomic E-state index is 4.30. The van der Waals surface area contributed by atoms with Gasteiger partial charge in [0.25, 0.3) is 0 Å². The molecule has 2 rings (SSSR count). The SMILES string of the molecule is Cc1cnc(CNCCc2scnc2C)cn1. The van der Waals surface area contributed by atoms with Crippen LogP contribution in [0.2, 0.25) is 0 Å². The first-order valence-corrected chi connectivity index (χ1v) is 6.51. The Balaban J connectivity index is 1.73. The molecule has 0 bridgehead atoms. The van der Waals surface area contributed by atoms with Crippen LogP contribution in [0.1, 0.15) is 22.0 Å². The maximum Gasteiger partial charge on any atom is 0.0797 e. The lowest BCUT2D eigenvalue weighted by molar-refractivity contribution is 0.673. The minimum absolute atomic E-state index is 0.769. The summed E-state index contributed by atoms with van der Waals surface area (Å²) in [4.78, 5) is 14.1. The van der Waals surface area contributed by atoms with Gasteiger partial charge in [-0.15, -0.1) is 11.3 Å². The fourth-order valence-corrected chi connectivity index (χ4v) is 2.28. The first-order chi connectivity index (χ1) is 8.25. The van der Waals surface area contributed by atoms with Crippen molar-refractivity contribution in [3.63, 3.8) is 0 Å². The normalized spacial score (nSPS) is 10.7. The van der Waals surface area contributed by atoms with Crippen molar-refractivity contribution in [1.82, 2.24) is 20.3 Å². The molecule has 0 unspecified atom stereocenters. The highest BCUT2D eigenvalue weighted by Gasteiger charge is 2.00. The van der Waals surface area contributed by atoms with Crippen molar-refractivity contribution in [2.45, 2.75) is 26.8 Å². The average molecular weight is 248 g/mol. The second kappa shape index (κ2) is 5.84. The molecule has 0 aliphatic rings. The molecule has 1 N–H and O–H groups in total. The predicted molar refractivity (Wildman–Crippen MR) is 69.0 cm³/mol. The summed E-state index contributed by atoms with van der Waals surface area (Å²) < 4.78 is 0. The Kier molecular flexibility index (Phi) is 4.17. The Labute approximate surface area is 105 Å². The van der Waals surface area contributed by atoms with Crippen molar-refractivity contribution in [1.29, 1.82) is 0 Å². The fourth-order valence-electron chi connectivity index (χ4n) is 1.50. The molecule has 17 heavy (non-hydrogen) atoms. The van der Waals surface area contributed by atoms with Gasteiger partial charge in [-0.2, -0.15) is 0 Å². The van der Waals surface area contributed by atoms with Crippen molar-refractivity contribution >= 4 is 11.3 Å². The van der Waals surface area contributed by atoms with Crippen molar-refractivity contribution in [2.24, 2.45) is 0 Å². The molecule has 2 aromatic heterocycles. The largest absolute Gasteiger partial charge is 0.311 e. The van der Waals surface area contributed by atoms with E-state index in [0.29, 0.717) is 0 Å². The summed E-state index contributed by atoms with van der Waals surface area (Å²) in [6.45, 7) is 5.71. The van der Waals surface area contributed by atoms with Crippen LogP contribution in [0.3, 0.4) is 0 Å². The summed E-state index contributed by atoms with van der Waals surface area (Å²) in [5.74, 6) is 0. The van der Waals surface area contributed by atoms with Gasteiger partial charge < -0.3 is 5.32 Å². The predicted octanol–water partition coefficient (Wildman–Crippen LogP) is 1.88. The Bertz CT molecular complexity index is 464. The number of hydrogen-bond donors (Lipinski definition) is 1. The molecule has 2 heterocycles. The van der Waals surface area contributed by atoms with E-state index >= 15 is 0 Å². The van der Waals surface area contributed by atoms with E-state index in [0.717, 1.165) is 36.6 Å². The van der Waals surface area contributed by atoms with Crippen LogP contribution < -0.4 is 5.32 Å². The maximum atomic E-state index is 4.30. The van der Waals surface area contributed by atoms with Gasteiger partial charge >= 0.3 is 0 Å². The molecule has 0 fully saturated rings. The van der Waals surface area contributed by atoms with E-state index in [1.807, 2.05) is 18.6 Å².